The zero-order valence-electron chi connectivity index (χ0n) is 47.5. The van der Waals surface area contributed by atoms with Crippen molar-refractivity contribution in [3.05, 3.63) is 24.3 Å². The summed E-state index contributed by atoms with van der Waals surface area (Å²) in [6, 6.07) is -0.803. The number of amides is 1. The van der Waals surface area contributed by atoms with Gasteiger partial charge in [-0.15, -0.1) is 0 Å². The average molecular weight is 1020 g/mol. The summed E-state index contributed by atoms with van der Waals surface area (Å²) < 4.78 is 11.3. The highest BCUT2D eigenvalue weighted by Gasteiger charge is 2.44. The molecule has 1 amide bonds. The van der Waals surface area contributed by atoms with Crippen molar-refractivity contribution in [2.75, 3.05) is 13.2 Å². The molecular formula is C63H121NO8. The van der Waals surface area contributed by atoms with E-state index in [1.54, 1.807) is 6.08 Å². The quantitative estimate of drug-likeness (QED) is 0.0261. The minimum absolute atomic E-state index is 0.171. The third kappa shape index (κ3) is 41.9. The molecular weight excluding hydrogens is 899 g/mol. The van der Waals surface area contributed by atoms with Crippen molar-refractivity contribution in [1.29, 1.82) is 0 Å². The van der Waals surface area contributed by atoms with Gasteiger partial charge in [0.05, 0.1) is 25.4 Å². The van der Waals surface area contributed by atoms with E-state index in [1.807, 2.05) is 6.08 Å². The van der Waals surface area contributed by atoms with Gasteiger partial charge in [-0.3, -0.25) is 4.79 Å². The number of carbonyl (C=O) groups excluding carboxylic acids is 1. The Kier molecular flexibility index (Phi) is 50.6. The third-order valence-electron chi connectivity index (χ3n) is 15.3. The first-order valence-corrected chi connectivity index (χ1v) is 31.6. The van der Waals surface area contributed by atoms with Gasteiger partial charge in [0.25, 0.3) is 0 Å². The molecule has 0 aromatic carbocycles. The molecule has 9 heteroatoms. The number of aliphatic hydroxyl groups excluding tert-OH is 5. The zero-order chi connectivity index (χ0) is 52.2. The van der Waals surface area contributed by atoms with Crippen LogP contribution < -0.4 is 5.32 Å². The Morgan fingerprint density at radius 2 is 0.778 bits per heavy atom. The van der Waals surface area contributed by atoms with Gasteiger partial charge in [0.2, 0.25) is 5.91 Å². The molecule has 1 aliphatic rings. The first-order valence-electron chi connectivity index (χ1n) is 31.6. The van der Waals surface area contributed by atoms with Crippen LogP contribution in [0, 0.1) is 0 Å². The van der Waals surface area contributed by atoms with Gasteiger partial charge in [-0.25, -0.2) is 0 Å². The fourth-order valence-corrected chi connectivity index (χ4v) is 10.3. The lowest BCUT2D eigenvalue weighted by Crippen LogP contribution is -2.60. The summed E-state index contributed by atoms with van der Waals surface area (Å²) in [5.41, 5.74) is 0. The molecule has 7 atom stereocenters. The Hall–Kier alpha value is -1.33. The molecule has 1 heterocycles. The van der Waals surface area contributed by atoms with E-state index in [0.717, 1.165) is 38.5 Å². The van der Waals surface area contributed by atoms with Crippen molar-refractivity contribution in [3.63, 3.8) is 0 Å². The van der Waals surface area contributed by atoms with E-state index < -0.39 is 49.5 Å². The summed E-state index contributed by atoms with van der Waals surface area (Å²) in [6.07, 6.45) is 61.2. The van der Waals surface area contributed by atoms with E-state index in [-0.39, 0.29) is 12.5 Å². The smallest absolute Gasteiger partial charge is 0.220 e. The predicted octanol–water partition coefficient (Wildman–Crippen LogP) is 16.1. The third-order valence-corrected chi connectivity index (χ3v) is 15.3. The summed E-state index contributed by atoms with van der Waals surface area (Å²) in [7, 11) is 0. The Morgan fingerprint density at radius 1 is 0.458 bits per heavy atom. The first-order chi connectivity index (χ1) is 35.3. The summed E-state index contributed by atoms with van der Waals surface area (Å²) in [5.74, 6) is -0.171. The highest BCUT2D eigenvalue weighted by molar-refractivity contribution is 5.76. The van der Waals surface area contributed by atoms with Crippen molar-refractivity contribution in [2.45, 2.75) is 358 Å². The molecule has 0 spiro atoms. The van der Waals surface area contributed by atoms with Crippen LogP contribution in [0.2, 0.25) is 0 Å². The van der Waals surface area contributed by atoms with Gasteiger partial charge in [-0.05, 0) is 44.9 Å². The fraction of sp³-hybridized carbons (Fsp3) is 0.921. The van der Waals surface area contributed by atoms with E-state index >= 15 is 0 Å². The maximum atomic E-state index is 13.1. The van der Waals surface area contributed by atoms with Gasteiger partial charge in [0, 0.05) is 6.42 Å². The molecule has 7 unspecified atom stereocenters. The largest absolute Gasteiger partial charge is 0.394 e. The topological polar surface area (TPSA) is 149 Å². The van der Waals surface area contributed by atoms with Crippen LogP contribution in [0.15, 0.2) is 24.3 Å². The van der Waals surface area contributed by atoms with E-state index in [2.05, 4.69) is 31.3 Å². The maximum absolute atomic E-state index is 13.1. The van der Waals surface area contributed by atoms with Gasteiger partial charge < -0.3 is 40.3 Å². The average Bonchev–Trinajstić information content (AvgIpc) is 3.38. The van der Waals surface area contributed by atoms with Crippen molar-refractivity contribution in [3.8, 4) is 0 Å². The van der Waals surface area contributed by atoms with E-state index in [4.69, 9.17) is 9.47 Å². The first kappa shape index (κ1) is 68.7. The second-order valence-electron chi connectivity index (χ2n) is 22.2. The second kappa shape index (κ2) is 53.1. The van der Waals surface area contributed by atoms with Crippen molar-refractivity contribution in [1.82, 2.24) is 5.32 Å². The summed E-state index contributed by atoms with van der Waals surface area (Å²) in [4.78, 5) is 13.1. The number of allylic oxidation sites excluding steroid dienone is 3. The minimum Gasteiger partial charge on any atom is -0.394 e. The fourth-order valence-electron chi connectivity index (χ4n) is 10.3. The van der Waals surface area contributed by atoms with Gasteiger partial charge in [0.1, 0.15) is 24.4 Å². The highest BCUT2D eigenvalue weighted by Crippen LogP contribution is 2.23. The number of rotatable bonds is 55. The molecule has 0 aromatic rings. The molecule has 0 bridgehead atoms. The molecule has 0 saturated carbocycles. The van der Waals surface area contributed by atoms with E-state index in [0.29, 0.717) is 6.42 Å². The number of nitrogens with one attached hydrogen (secondary N) is 1. The number of hydrogen-bond donors (Lipinski definition) is 6. The Balaban J connectivity index is 2.15. The number of carbonyl (C=O) groups is 1. The predicted molar refractivity (Wildman–Crippen MR) is 304 cm³/mol. The summed E-state index contributed by atoms with van der Waals surface area (Å²) in [6.45, 7) is 3.82. The normalized spacial score (nSPS) is 19.2. The number of hydrogen-bond acceptors (Lipinski definition) is 8. The lowest BCUT2D eigenvalue weighted by atomic mass is 9.99. The highest BCUT2D eigenvalue weighted by atomic mass is 16.7. The molecule has 72 heavy (non-hydrogen) atoms. The molecule has 9 nitrogen and oxygen atoms in total. The van der Waals surface area contributed by atoms with Gasteiger partial charge in [-0.1, -0.05) is 289 Å². The number of unbranched alkanes of at least 4 members (excludes halogenated alkanes) is 43. The number of aliphatic hydroxyl groups is 5. The Bertz CT molecular complexity index is 1180. The molecule has 426 valence electrons. The van der Waals surface area contributed by atoms with Gasteiger partial charge >= 0.3 is 0 Å². The van der Waals surface area contributed by atoms with Crippen LogP contribution in [-0.2, 0) is 14.3 Å². The van der Waals surface area contributed by atoms with Crippen LogP contribution in [-0.4, -0.2) is 87.5 Å². The molecule has 0 radical (unpaired) electrons. The SMILES string of the molecule is CCCCCCCCCCCCCC/C=C\CCCCCCCCCCCCCCCCC(=O)NC(COC1OC(CO)C(O)C(O)C1O)C(O)/C=C/CCCCCCCCCCCCCCCCCCC. The van der Waals surface area contributed by atoms with Crippen LogP contribution in [0.25, 0.3) is 0 Å². The molecule has 1 fully saturated rings. The second-order valence-corrected chi connectivity index (χ2v) is 22.2. The van der Waals surface area contributed by atoms with Crippen LogP contribution in [0.4, 0.5) is 0 Å². The Morgan fingerprint density at radius 3 is 1.12 bits per heavy atom. The Labute approximate surface area is 445 Å². The zero-order valence-corrected chi connectivity index (χ0v) is 47.5. The molecule has 6 N–H and O–H groups in total. The van der Waals surface area contributed by atoms with E-state index in [9.17, 15) is 30.3 Å². The summed E-state index contributed by atoms with van der Waals surface area (Å²) in [5, 5.41) is 54.6. The standard InChI is InChI=1S/C63H121NO8/c1-3-5-7-9-11-13-15-17-19-21-23-24-25-26-27-28-29-30-31-32-33-35-37-39-41-43-45-47-49-51-53-59(67)64-56(55-71-63-62(70)61(69)60(68)58(54-65)72-63)57(66)52-50-48-46-44-42-40-38-36-34-22-20-18-16-14-12-10-8-6-4-2/h26-27,50,52,56-58,60-63,65-66,68-70H,3-25,28-49,51,53-55H2,1-2H3,(H,64,67)/b27-26-,52-50+. The summed E-state index contributed by atoms with van der Waals surface area (Å²) >= 11 is 0. The lowest BCUT2D eigenvalue weighted by Gasteiger charge is -2.40. The number of ether oxygens (including phenoxy) is 2. The maximum Gasteiger partial charge on any atom is 0.220 e. The van der Waals surface area contributed by atoms with Crippen molar-refractivity contribution >= 4 is 5.91 Å². The van der Waals surface area contributed by atoms with Gasteiger partial charge in [-0.2, -0.15) is 0 Å². The molecule has 1 aliphatic heterocycles. The van der Waals surface area contributed by atoms with Crippen molar-refractivity contribution < 1.29 is 39.8 Å². The molecule has 0 aliphatic carbocycles. The molecule has 1 rings (SSSR count). The van der Waals surface area contributed by atoms with Crippen molar-refractivity contribution in [2.24, 2.45) is 0 Å². The van der Waals surface area contributed by atoms with Gasteiger partial charge in [0.15, 0.2) is 6.29 Å². The molecule has 0 aromatic heterocycles. The lowest BCUT2D eigenvalue weighted by molar-refractivity contribution is -0.302. The van der Waals surface area contributed by atoms with Crippen LogP contribution in [0.5, 0.6) is 0 Å². The molecule has 1 saturated heterocycles. The minimum atomic E-state index is -1.57. The van der Waals surface area contributed by atoms with Crippen LogP contribution in [0.3, 0.4) is 0 Å². The van der Waals surface area contributed by atoms with Crippen LogP contribution in [0.1, 0.15) is 316 Å². The van der Waals surface area contributed by atoms with Crippen LogP contribution >= 0.6 is 0 Å². The van der Waals surface area contributed by atoms with E-state index in [1.165, 1.54) is 257 Å². The monoisotopic (exact) mass is 1020 g/mol.